The normalized spacial score (nSPS) is 10.7. The largest absolute Gasteiger partial charge is 0.495 e. The van der Waals surface area contributed by atoms with E-state index in [9.17, 15) is 4.79 Å². The highest BCUT2D eigenvalue weighted by molar-refractivity contribution is 14.1. The summed E-state index contributed by atoms with van der Waals surface area (Å²) in [6.07, 6.45) is 0. The van der Waals surface area contributed by atoms with Gasteiger partial charge in [-0.25, -0.2) is 4.79 Å². The lowest BCUT2D eigenvalue weighted by Crippen LogP contribution is -2.14. The number of methoxy groups -OCH3 is 1. The molecule has 1 rings (SSSR count). The number of ether oxygens (including phenoxy) is 5. The van der Waals surface area contributed by atoms with Gasteiger partial charge in [0.25, 0.3) is 0 Å². The summed E-state index contributed by atoms with van der Waals surface area (Å²) < 4.78 is 28.0. The molecule has 0 aliphatic rings. The smallest absolute Gasteiger partial charge is 0.338 e. The highest BCUT2D eigenvalue weighted by Crippen LogP contribution is 2.28. The van der Waals surface area contributed by atoms with Gasteiger partial charge >= 0.3 is 5.97 Å². The zero-order valence-electron chi connectivity index (χ0n) is 13.8. The van der Waals surface area contributed by atoms with Crippen molar-refractivity contribution in [2.24, 2.45) is 0 Å². The lowest BCUT2D eigenvalue weighted by Gasteiger charge is -2.10. The molecule has 0 aliphatic heterocycles. The molecule has 136 valence electrons. The molecule has 24 heavy (non-hydrogen) atoms. The SMILES string of the molecule is CCOCCOCCOCCOC(=O)c1cc(I)c(OC)c(I)c1. The predicted molar refractivity (Wildman–Crippen MR) is 107 cm³/mol. The maximum absolute atomic E-state index is 12.0. The molecule has 0 saturated heterocycles. The van der Waals surface area contributed by atoms with Gasteiger partial charge in [-0.15, -0.1) is 0 Å². The number of esters is 1. The quantitative estimate of drug-likeness (QED) is 0.221. The average molecular weight is 564 g/mol. The van der Waals surface area contributed by atoms with Crippen molar-refractivity contribution in [3.8, 4) is 5.75 Å². The second-order valence-electron chi connectivity index (χ2n) is 4.53. The van der Waals surface area contributed by atoms with Gasteiger partial charge in [0.1, 0.15) is 12.4 Å². The van der Waals surface area contributed by atoms with Crippen molar-refractivity contribution in [1.29, 1.82) is 0 Å². The van der Waals surface area contributed by atoms with Crippen LogP contribution in [0.15, 0.2) is 12.1 Å². The van der Waals surface area contributed by atoms with Gasteiger partial charge in [-0.05, 0) is 64.2 Å². The van der Waals surface area contributed by atoms with E-state index in [1.807, 2.05) is 6.92 Å². The Kier molecular flexibility index (Phi) is 11.9. The average Bonchev–Trinajstić information content (AvgIpc) is 2.56. The van der Waals surface area contributed by atoms with Gasteiger partial charge in [0.05, 0.1) is 52.8 Å². The Morgan fingerprint density at radius 3 is 1.92 bits per heavy atom. The summed E-state index contributed by atoms with van der Waals surface area (Å²) in [4.78, 5) is 12.0. The van der Waals surface area contributed by atoms with Crippen molar-refractivity contribution >= 4 is 51.2 Å². The number of hydrogen-bond acceptors (Lipinski definition) is 6. The molecule has 0 amide bonds. The van der Waals surface area contributed by atoms with Crippen molar-refractivity contribution < 1.29 is 28.5 Å². The summed E-state index contributed by atoms with van der Waals surface area (Å²) in [5.74, 6) is 0.394. The molecule has 1 aromatic rings. The monoisotopic (exact) mass is 564 g/mol. The topological polar surface area (TPSA) is 63.2 Å². The van der Waals surface area contributed by atoms with Gasteiger partial charge in [-0.1, -0.05) is 0 Å². The van der Waals surface area contributed by atoms with Gasteiger partial charge in [0.2, 0.25) is 0 Å². The van der Waals surface area contributed by atoms with Crippen molar-refractivity contribution in [1.82, 2.24) is 0 Å². The van der Waals surface area contributed by atoms with Crippen LogP contribution in [0, 0.1) is 7.14 Å². The lowest BCUT2D eigenvalue weighted by molar-refractivity contribution is 0.00180. The molecule has 0 heterocycles. The molecule has 0 unspecified atom stereocenters. The Balaban J connectivity index is 2.18. The third-order valence-electron chi connectivity index (χ3n) is 2.85. The molecular weight excluding hydrogens is 542 g/mol. The van der Waals surface area contributed by atoms with Gasteiger partial charge in [-0.3, -0.25) is 0 Å². The van der Waals surface area contributed by atoms with E-state index >= 15 is 0 Å². The maximum atomic E-state index is 12.0. The molecule has 0 aromatic heterocycles. The summed E-state index contributed by atoms with van der Waals surface area (Å²) in [6, 6.07) is 3.49. The van der Waals surface area contributed by atoms with E-state index < -0.39 is 0 Å². The van der Waals surface area contributed by atoms with Gasteiger partial charge < -0.3 is 23.7 Å². The van der Waals surface area contributed by atoms with E-state index in [0.717, 1.165) is 12.9 Å². The minimum absolute atomic E-state index is 0.205. The molecule has 8 heteroatoms. The van der Waals surface area contributed by atoms with Crippen molar-refractivity contribution in [2.45, 2.75) is 6.92 Å². The first kappa shape index (κ1) is 21.9. The first-order valence-corrected chi connectivity index (χ1v) is 9.69. The van der Waals surface area contributed by atoms with E-state index in [1.165, 1.54) is 0 Å². The highest BCUT2D eigenvalue weighted by atomic mass is 127. The summed E-state index contributed by atoms with van der Waals surface area (Å²) in [6.45, 7) is 5.28. The Labute approximate surface area is 169 Å². The van der Waals surface area contributed by atoms with Crippen molar-refractivity contribution in [2.75, 3.05) is 53.4 Å². The van der Waals surface area contributed by atoms with E-state index in [2.05, 4.69) is 45.2 Å². The standard InChI is InChI=1S/C16H22I2O6/c1-3-21-4-5-22-6-7-23-8-9-24-16(19)12-10-13(17)15(20-2)14(18)11-12/h10-11H,3-9H2,1-2H3. The minimum atomic E-state index is -0.370. The summed E-state index contributed by atoms with van der Waals surface area (Å²) in [5, 5.41) is 0. The fourth-order valence-electron chi connectivity index (χ4n) is 1.73. The zero-order valence-corrected chi connectivity index (χ0v) is 18.1. The predicted octanol–water partition coefficient (Wildman–Crippen LogP) is 3.13. The highest BCUT2D eigenvalue weighted by Gasteiger charge is 2.13. The first-order chi connectivity index (χ1) is 11.6. The third kappa shape index (κ3) is 8.28. The van der Waals surface area contributed by atoms with Crippen LogP contribution in [-0.2, 0) is 18.9 Å². The fraction of sp³-hybridized carbons (Fsp3) is 0.562. The van der Waals surface area contributed by atoms with Crippen LogP contribution in [0.2, 0.25) is 0 Å². The molecule has 0 N–H and O–H groups in total. The van der Waals surface area contributed by atoms with Gasteiger partial charge in [0, 0.05) is 6.61 Å². The Morgan fingerprint density at radius 2 is 1.42 bits per heavy atom. The number of carbonyl (C=O) groups is 1. The van der Waals surface area contributed by atoms with E-state index in [4.69, 9.17) is 23.7 Å². The molecule has 0 spiro atoms. The maximum Gasteiger partial charge on any atom is 0.338 e. The molecule has 0 saturated carbocycles. The number of benzene rings is 1. The van der Waals surface area contributed by atoms with Crippen LogP contribution in [0.5, 0.6) is 5.75 Å². The molecule has 0 fully saturated rings. The van der Waals surface area contributed by atoms with Crippen LogP contribution in [0.1, 0.15) is 17.3 Å². The van der Waals surface area contributed by atoms with Gasteiger partial charge in [-0.2, -0.15) is 0 Å². The van der Waals surface area contributed by atoms with Crippen molar-refractivity contribution in [3.05, 3.63) is 24.8 Å². The number of hydrogen-bond donors (Lipinski definition) is 0. The van der Waals surface area contributed by atoms with Gasteiger partial charge in [0.15, 0.2) is 0 Å². The Hall–Kier alpha value is -0.170. The van der Waals surface area contributed by atoms with E-state index in [-0.39, 0.29) is 12.6 Å². The van der Waals surface area contributed by atoms with Crippen LogP contribution in [0.3, 0.4) is 0 Å². The molecule has 0 radical (unpaired) electrons. The molecule has 6 nitrogen and oxygen atoms in total. The van der Waals surface area contributed by atoms with Crippen LogP contribution in [0.4, 0.5) is 0 Å². The second kappa shape index (κ2) is 13.1. The number of halogens is 2. The Morgan fingerprint density at radius 1 is 0.917 bits per heavy atom. The third-order valence-corrected chi connectivity index (χ3v) is 4.45. The summed E-state index contributed by atoms with van der Waals surface area (Å²) >= 11 is 4.26. The number of carbonyl (C=O) groups excluding carboxylic acids is 1. The van der Waals surface area contributed by atoms with E-state index in [0.29, 0.717) is 45.2 Å². The Bertz CT molecular complexity index is 486. The van der Waals surface area contributed by atoms with E-state index in [1.54, 1.807) is 19.2 Å². The molecular formula is C16H22I2O6. The molecule has 0 bridgehead atoms. The van der Waals surface area contributed by atoms with Crippen molar-refractivity contribution in [3.63, 3.8) is 0 Å². The van der Waals surface area contributed by atoms with Crippen LogP contribution >= 0.6 is 45.2 Å². The molecule has 0 atom stereocenters. The van der Waals surface area contributed by atoms with Crippen LogP contribution < -0.4 is 4.74 Å². The fourth-order valence-corrected chi connectivity index (χ4v) is 3.94. The summed E-state index contributed by atoms with van der Waals surface area (Å²) in [7, 11) is 1.61. The first-order valence-electron chi connectivity index (χ1n) is 7.53. The number of rotatable bonds is 12. The van der Waals surface area contributed by atoms with Crippen LogP contribution in [-0.4, -0.2) is 59.3 Å². The minimum Gasteiger partial charge on any atom is -0.495 e. The zero-order chi connectivity index (χ0) is 17.8. The molecule has 0 aliphatic carbocycles. The second-order valence-corrected chi connectivity index (χ2v) is 6.86. The molecule has 1 aromatic carbocycles. The summed E-state index contributed by atoms with van der Waals surface area (Å²) in [5.41, 5.74) is 0.504. The van der Waals surface area contributed by atoms with Crippen LogP contribution in [0.25, 0.3) is 0 Å². The lowest BCUT2D eigenvalue weighted by atomic mass is 10.2.